The van der Waals surface area contributed by atoms with E-state index < -0.39 is 17.7 Å². The van der Waals surface area contributed by atoms with Gasteiger partial charge in [-0.25, -0.2) is 9.18 Å². The number of para-hydroxylation sites is 1. The Morgan fingerprint density at radius 2 is 1.58 bits per heavy atom. The Hall–Kier alpha value is -3.67. The molecule has 2 N–H and O–H groups in total. The van der Waals surface area contributed by atoms with Crippen molar-refractivity contribution in [3.05, 3.63) is 89.7 Å². The lowest BCUT2D eigenvalue weighted by atomic mass is 10.1. The number of amides is 1. The third kappa shape index (κ3) is 3.87. The van der Waals surface area contributed by atoms with E-state index in [2.05, 4.69) is 5.32 Å². The summed E-state index contributed by atoms with van der Waals surface area (Å²) in [6.45, 7) is 0. The van der Waals surface area contributed by atoms with Gasteiger partial charge in [-0.3, -0.25) is 4.79 Å². The van der Waals surface area contributed by atoms with Gasteiger partial charge in [-0.05, 0) is 36.4 Å². The second kappa shape index (κ2) is 7.48. The SMILES string of the molecule is O=C(Oc1ccccc1)c1ccc(NC(=O)c2ccccc2F)cc1O. The number of halogens is 1. The van der Waals surface area contributed by atoms with Crippen molar-refractivity contribution in [3.8, 4) is 11.5 Å². The Labute approximate surface area is 148 Å². The molecule has 0 aromatic heterocycles. The molecule has 3 rings (SSSR count). The van der Waals surface area contributed by atoms with E-state index in [1.54, 1.807) is 30.3 Å². The van der Waals surface area contributed by atoms with Gasteiger partial charge in [0.05, 0.1) is 5.56 Å². The third-order valence-electron chi connectivity index (χ3n) is 3.55. The molecule has 0 aliphatic rings. The normalized spacial score (nSPS) is 10.2. The summed E-state index contributed by atoms with van der Waals surface area (Å²) in [6, 6.07) is 17.9. The molecule has 0 spiro atoms. The second-order valence-electron chi connectivity index (χ2n) is 5.37. The Balaban J connectivity index is 1.74. The monoisotopic (exact) mass is 351 g/mol. The Morgan fingerprint density at radius 3 is 2.27 bits per heavy atom. The number of esters is 1. The Morgan fingerprint density at radius 1 is 0.885 bits per heavy atom. The minimum Gasteiger partial charge on any atom is -0.507 e. The van der Waals surface area contributed by atoms with Crippen molar-refractivity contribution in [3.63, 3.8) is 0 Å². The lowest BCUT2D eigenvalue weighted by molar-refractivity contribution is 0.0731. The zero-order chi connectivity index (χ0) is 18.5. The third-order valence-corrected chi connectivity index (χ3v) is 3.55. The molecule has 0 atom stereocenters. The number of phenols is 1. The molecule has 1 amide bonds. The first-order valence-electron chi connectivity index (χ1n) is 7.71. The summed E-state index contributed by atoms with van der Waals surface area (Å²) in [5.74, 6) is -2.08. The Kier molecular flexibility index (Phi) is 4.94. The zero-order valence-electron chi connectivity index (χ0n) is 13.5. The molecule has 0 bridgehead atoms. The fourth-order valence-corrected chi connectivity index (χ4v) is 2.28. The van der Waals surface area contributed by atoms with E-state index in [0.717, 1.165) is 0 Å². The lowest BCUT2D eigenvalue weighted by Gasteiger charge is -2.09. The highest BCUT2D eigenvalue weighted by atomic mass is 19.1. The first-order valence-corrected chi connectivity index (χ1v) is 7.71. The predicted octanol–water partition coefficient (Wildman–Crippen LogP) is 4.00. The van der Waals surface area contributed by atoms with Gasteiger partial charge in [0.2, 0.25) is 0 Å². The van der Waals surface area contributed by atoms with Gasteiger partial charge in [0.15, 0.2) is 0 Å². The largest absolute Gasteiger partial charge is 0.507 e. The first kappa shape index (κ1) is 17.2. The molecule has 6 heteroatoms. The molecule has 0 unspecified atom stereocenters. The van der Waals surface area contributed by atoms with Crippen LogP contribution in [0.15, 0.2) is 72.8 Å². The van der Waals surface area contributed by atoms with Crippen molar-refractivity contribution < 1.29 is 23.8 Å². The van der Waals surface area contributed by atoms with Crippen LogP contribution in [0.25, 0.3) is 0 Å². The Bertz CT molecular complexity index is 957. The van der Waals surface area contributed by atoms with Crippen molar-refractivity contribution in [1.29, 1.82) is 0 Å². The van der Waals surface area contributed by atoms with Crippen LogP contribution >= 0.6 is 0 Å². The summed E-state index contributed by atoms with van der Waals surface area (Å²) < 4.78 is 18.8. The van der Waals surface area contributed by atoms with Crippen molar-refractivity contribution in [1.82, 2.24) is 0 Å². The molecule has 5 nitrogen and oxygen atoms in total. The van der Waals surface area contributed by atoms with Crippen molar-refractivity contribution >= 4 is 17.6 Å². The van der Waals surface area contributed by atoms with Crippen molar-refractivity contribution in [2.75, 3.05) is 5.32 Å². The number of phenolic OH excluding ortho intramolecular Hbond substituents is 1. The molecule has 0 radical (unpaired) electrons. The fraction of sp³-hybridized carbons (Fsp3) is 0. The highest BCUT2D eigenvalue weighted by Crippen LogP contribution is 2.24. The molecule has 0 fully saturated rings. The second-order valence-corrected chi connectivity index (χ2v) is 5.37. The maximum atomic E-state index is 13.6. The van der Waals surface area contributed by atoms with Crippen LogP contribution in [-0.4, -0.2) is 17.0 Å². The fourth-order valence-electron chi connectivity index (χ4n) is 2.28. The van der Waals surface area contributed by atoms with Crippen LogP contribution in [-0.2, 0) is 0 Å². The van der Waals surface area contributed by atoms with Gasteiger partial charge in [-0.15, -0.1) is 0 Å². The van der Waals surface area contributed by atoms with Crippen LogP contribution in [0.5, 0.6) is 11.5 Å². The molecular formula is C20H14FNO4. The van der Waals surface area contributed by atoms with Gasteiger partial charge in [0, 0.05) is 11.8 Å². The van der Waals surface area contributed by atoms with Gasteiger partial charge < -0.3 is 15.2 Å². The number of ether oxygens (including phenoxy) is 1. The number of aromatic hydroxyl groups is 1. The van der Waals surface area contributed by atoms with E-state index in [9.17, 15) is 19.1 Å². The topological polar surface area (TPSA) is 75.6 Å². The zero-order valence-corrected chi connectivity index (χ0v) is 13.5. The smallest absolute Gasteiger partial charge is 0.347 e. The molecule has 0 saturated carbocycles. The van der Waals surface area contributed by atoms with Crippen molar-refractivity contribution in [2.45, 2.75) is 0 Å². The van der Waals surface area contributed by atoms with Gasteiger partial charge in [-0.1, -0.05) is 30.3 Å². The average Bonchev–Trinajstić information content (AvgIpc) is 2.63. The minimum absolute atomic E-state index is 0.0576. The minimum atomic E-state index is -0.735. The molecule has 0 saturated heterocycles. The molecular weight excluding hydrogens is 337 g/mol. The van der Waals surface area contributed by atoms with E-state index in [4.69, 9.17) is 4.74 Å². The quantitative estimate of drug-likeness (QED) is 0.550. The predicted molar refractivity (Wildman–Crippen MR) is 93.9 cm³/mol. The highest BCUT2D eigenvalue weighted by molar-refractivity contribution is 6.05. The van der Waals surface area contributed by atoms with Gasteiger partial charge in [0.25, 0.3) is 5.91 Å². The summed E-state index contributed by atoms with van der Waals surface area (Å²) >= 11 is 0. The summed E-state index contributed by atoms with van der Waals surface area (Å²) in [4.78, 5) is 24.2. The summed E-state index contributed by atoms with van der Waals surface area (Å²) in [5, 5.41) is 12.5. The maximum absolute atomic E-state index is 13.6. The number of carbonyl (C=O) groups excluding carboxylic acids is 2. The summed E-state index contributed by atoms with van der Waals surface area (Å²) in [7, 11) is 0. The molecule has 26 heavy (non-hydrogen) atoms. The lowest BCUT2D eigenvalue weighted by Crippen LogP contribution is -2.14. The van der Waals surface area contributed by atoms with E-state index in [1.165, 1.54) is 42.5 Å². The molecule has 3 aromatic rings. The highest BCUT2D eigenvalue weighted by Gasteiger charge is 2.16. The van der Waals surface area contributed by atoms with Crippen LogP contribution in [0.4, 0.5) is 10.1 Å². The molecule has 0 aliphatic heterocycles. The average molecular weight is 351 g/mol. The van der Waals surface area contributed by atoms with Crippen LogP contribution in [0.2, 0.25) is 0 Å². The van der Waals surface area contributed by atoms with Gasteiger partial charge >= 0.3 is 5.97 Å². The number of nitrogens with one attached hydrogen (secondary N) is 1. The van der Waals surface area contributed by atoms with Crippen LogP contribution in [0.1, 0.15) is 20.7 Å². The van der Waals surface area contributed by atoms with Crippen LogP contribution < -0.4 is 10.1 Å². The summed E-state index contributed by atoms with van der Waals surface area (Å²) in [6.07, 6.45) is 0. The maximum Gasteiger partial charge on any atom is 0.347 e. The van der Waals surface area contributed by atoms with Crippen LogP contribution in [0.3, 0.4) is 0 Å². The first-order chi connectivity index (χ1) is 12.5. The molecule has 0 aliphatic carbocycles. The molecule has 0 heterocycles. The standard InChI is InChI=1S/C20H14FNO4/c21-17-9-5-4-8-15(17)19(24)22-13-10-11-16(18(23)12-13)20(25)26-14-6-2-1-3-7-14/h1-12,23H,(H,22,24). The van der Waals surface area contributed by atoms with Crippen molar-refractivity contribution in [2.24, 2.45) is 0 Å². The van der Waals surface area contributed by atoms with E-state index >= 15 is 0 Å². The van der Waals surface area contributed by atoms with Gasteiger partial charge in [-0.2, -0.15) is 0 Å². The van der Waals surface area contributed by atoms with E-state index in [1.807, 2.05) is 0 Å². The van der Waals surface area contributed by atoms with E-state index in [0.29, 0.717) is 5.75 Å². The number of hydrogen-bond acceptors (Lipinski definition) is 4. The van der Waals surface area contributed by atoms with Gasteiger partial charge in [0.1, 0.15) is 22.9 Å². The molecule has 3 aromatic carbocycles. The number of rotatable bonds is 4. The number of hydrogen-bond donors (Lipinski definition) is 2. The number of anilines is 1. The number of benzene rings is 3. The number of carbonyl (C=O) groups is 2. The van der Waals surface area contributed by atoms with Crippen LogP contribution in [0, 0.1) is 5.82 Å². The molecule has 130 valence electrons. The summed E-state index contributed by atoms with van der Waals surface area (Å²) in [5.41, 5.74) is 0.0318. The van der Waals surface area contributed by atoms with E-state index in [-0.39, 0.29) is 22.6 Å².